The quantitative estimate of drug-likeness (QED) is 0.121. The summed E-state index contributed by atoms with van der Waals surface area (Å²) in [5.74, 6) is 4.71. The number of fused-ring (bicyclic) bond motifs is 1. The van der Waals surface area contributed by atoms with Crippen LogP contribution in [0.4, 0.5) is 5.95 Å². The zero-order valence-corrected chi connectivity index (χ0v) is 27.5. The molecule has 0 spiro atoms. The van der Waals surface area contributed by atoms with E-state index in [1.807, 2.05) is 78.9 Å². The second-order valence-corrected chi connectivity index (χ2v) is 12.2. The van der Waals surface area contributed by atoms with Crippen molar-refractivity contribution in [2.24, 2.45) is 5.92 Å². The van der Waals surface area contributed by atoms with E-state index < -0.39 is 24.0 Å². The number of aromatic nitrogens is 3. The Kier molecular flexibility index (Phi) is 9.55. The molecule has 6 rings (SSSR count). The number of aliphatic hydroxyl groups is 1. The maximum absolute atomic E-state index is 13.1. The molecule has 2 aromatic heterocycles. The van der Waals surface area contributed by atoms with E-state index in [1.165, 1.54) is 0 Å². The zero-order valence-electron chi connectivity index (χ0n) is 27.5. The number of rotatable bonds is 12. The third-order valence-corrected chi connectivity index (χ3v) is 8.67. The summed E-state index contributed by atoms with van der Waals surface area (Å²) in [6.07, 6.45) is 5.51. The number of methoxy groups -OCH3 is 2. The minimum absolute atomic E-state index is 0.0427. The van der Waals surface area contributed by atoms with Gasteiger partial charge in [0.15, 0.2) is 5.65 Å². The van der Waals surface area contributed by atoms with Crippen LogP contribution in [0.3, 0.4) is 0 Å². The molecule has 48 heavy (non-hydrogen) atoms. The molecule has 0 aliphatic carbocycles. The molecule has 1 saturated heterocycles. The maximum Gasteiger partial charge on any atom is 0.263 e. The van der Waals surface area contributed by atoms with Crippen molar-refractivity contribution in [1.29, 1.82) is 0 Å². The molecule has 1 aliphatic heterocycles. The summed E-state index contributed by atoms with van der Waals surface area (Å²) in [5, 5.41) is 14.8. The Labute approximate surface area is 279 Å². The molecule has 0 saturated carbocycles. The van der Waals surface area contributed by atoms with Crippen molar-refractivity contribution in [1.82, 2.24) is 14.5 Å². The van der Waals surface area contributed by atoms with E-state index >= 15 is 0 Å². The lowest BCUT2D eigenvalue weighted by molar-refractivity contribution is -0.0930. The van der Waals surface area contributed by atoms with Gasteiger partial charge in [0, 0.05) is 19.2 Å². The van der Waals surface area contributed by atoms with E-state index in [4.69, 9.17) is 30.4 Å². The van der Waals surface area contributed by atoms with Gasteiger partial charge in [0.05, 0.1) is 37.9 Å². The van der Waals surface area contributed by atoms with Crippen molar-refractivity contribution in [3.05, 3.63) is 118 Å². The van der Waals surface area contributed by atoms with Crippen LogP contribution in [0, 0.1) is 18.3 Å². The number of ether oxygens (including phenoxy) is 4. The van der Waals surface area contributed by atoms with E-state index in [0.717, 1.165) is 16.7 Å². The van der Waals surface area contributed by atoms with Gasteiger partial charge in [-0.05, 0) is 46.9 Å². The highest BCUT2D eigenvalue weighted by atomic mass is 16.6. The number of H-pyrrole nitrogens is 1. The Hall–Kier alpha value is -5.08. The van der Waals surface area contributed by atoms with E-state index in [1.54, 1.807) is 25.0 Å². The molecule has 1 fully saturated rings. The Bertz CT molecular complexity index is 1900. The summed E-state index contributed by atoms with van der Waals surface area (Å²) < 4.78 is 26.1. The SMILES string of the molecule is C#Cc1cn([C@H]2C[C@H](O)[C@@H](COC(c3ccccc3)(c3ccc(OC)cc3)c3ccc(OC)cc3)O2)c2nc(NCC(C)C)[nH]c(=O)c12. The number of hydrogen-bond acceptors (Lipinski definition) is 8. The fraction of sp³-hybridized carbons (Fsp3) is 0.316. The predicted molar refractivity (Wildman–Crippen MR) is 184 cm³/mol. The molecule has 3 aromatic carbocycles. The zero-order chi connectivity index (χ0) is 33.8. The molecule has 10 nitrogen and oxygen atoms in total. The largest absolute Gasteiger partial charge is 0.497 e. The van der Waals surface area contributed by atoms with Crippen LogP contribution in [0.25, 0.3) is 11.0 Å². The van der Waals surface area contributed by atoms with Gasteiger partial charge in [-0.25, -0.2) is 0 Å². The average molecular weight is 649 g/mol. The normalized spacial score (nSPS) is 17.8. The van der Waals surface area contributed by atoms with Gasteiger partial charge in [-0.15, -0.1) is 6.42 Å². The van der Waals surface area contributed by atoms with Crippen molar-refractivity contribution in [3.8, 4) is 23.8 Å². The lowest BCUT2D eigenvalue weighted by Gasteiger charge is -2.37. The minimum Gasteiger partial charge on any atom is -0.497 e. The molecule has 0 amide bonds. The van der Waals surface area contributed by atoms with E-state index in [0.29, 0.717) is 46.5 Å². The third-order valence-electron chi connectivity index (χ3n) is 8.67. The highest BCUT2D eigenvalue weighted by Crippen LogP contribution is 2.43. The molecular weight excluding hydrogens is 608 g/mol. The van der Waals surface area contributed by atoms with Crippen LogP contribution in [0.2, 0.25) is 0 Å². The van der Waals surface area contributed by atoms with Crippen LogP contribution in [0.15, 0.2) is 89.9 Å². The standard InChI is InChI=1S/C38H40N4O6/c1-6-25-22-42(35-34(25)36(44)41-37(40-35)39-21-24(2)3)33-20-31(43)32(48-33)23-47-38(26-10-8-7-9-11-26,27-12-16-29(45-4)17-13-27)28-14-18-30(46-5)19-15-28/h1,7-19,22,24,31-33,43H,20-21,23H2,2-5H3,(H2,39,40,41,44)/t31-,32+,33+/m0/s1. The fourth-order valence-corrected chi connectivity index (χ4v) is 6.19. The van der Waals surface area contributed by atoms with Gasteiger partial charge in [0.1, 0.15) is 29.4 Å². The van der Waals surface area contributed by atoms with Crippen LogP contribution in [0.1, 0.15) is 48.8 Å². The molecule has 1 aliphatic rings. The lowest BCUT2D eigenvalue weighted by atomic mass is 9.80. The van der Waals surface area contributed by atoms with E-state index in [9.17, 15) is 9.90 Å². The Morgan fingerprint density at radius 1 is 1.02 bits per heavy atom. The van der Waals surface area contributed by atoms with Crippen molar-refractivity contribution >= 4 is 17.0 Å². The van der Waals surface area contributed by atoms with E-state index in [-0.39, 0.29) is 18.6 Å². The predicted octanol–water partition coefficient (Wildman–Crippen LogP) is 5.45. The number of anilines is 1. The Balaban J connectivity index is 1.36. The molecule has 3 heterocycles. The molecule has 0 radical (unpaired) electrons. The summed E-state index contributed by atoms with van der Waals surface area (Å²) in [6.45, 7) is 4.80. The number of aliphatic hydroxyl groups excluding tert-OH is 1. The van der Waals surface area contributed by atoms with Crippen LogP contribution in [-0.4, -0.2) is 59.2 Å². The molecular formula is C38H40N4O6. The van der Waals surface area contributed by atoms with Gasteiger partial charge in [0.25, 0.3) is 5.56 Å². The van der Waals surface area contributed by atoms with Crippen LogP contribution in [-0.2, 0) is 15.1 Å². The minimum atomic E-state index is -1.08. The number of hydrogen-bond donors (Lipinski definition) is 3. The van der Waals surface area contributed by atoms with Gasteiger partial charge in [-0.2, -0.15) is 4.98 Å². The van der Waals surface area contributed by atoms with Crippen LogP contribution in [0.5, 0.6) is 11.5 Å². The summed E-state index contributed by atoms with van der Waals surface area (Å²) in [7, 11) is 3.26. The van der Waals surface area contributed by atoms with E-state index in [2.05, 4.69) is 30.1 Å². The number of aromatic amines is 1. The highest BCUT2D eigenvalue weighted by Gasteiger charge is 2.42. The van der Waals surface area contributed by atoms with Gasteiger partial charge in [0.2, 0.25) is 5.95 Å². The number of terminal acetylenes is 1. The van der Waals surface area contributed by atoms with Gasteiger partial charge in [-0.1, -0.05) is 74.4 Å². The van der Waals surface area contributed by atoms with Gasteiger partial charge in [-0.3, -0.25) is 9.78 Å². The molecule has 10 heteroatoms. The Morgan fingerprint density at radius 2 is 1.62 bits per heavy atom. The topological polar surface area (TPSA) is 120 Å². The van der Waals surface area contributed by atoms with Crippen LogP contribution >= 0.6 is 0 Å². The molecule has 248 valence electrons. The summed E-state index contributed by atoms with van der Waals surface area (Å²) in [4.78, 5) is 20.6. The first-order chi connectivity index (χ1) is 23.3. The lowest BCUT2D eigenvalue weighted by Crippen LogP contribution is -2.38. The molecule has 0 bridgehead atoms. The number of nitrogens with one attached hydrogen (secondary N) is 2. The third kappa shape index (κ3) is 6.28. The molecule has 0 unspecified atom stereocenters. The van der Waals surface area contributed by atoms with Crippen molar-refractivity contribution in [3.63, 3.8) is 0 Å². The summed E-state index contributed by atoms with van der Waals surface area (Å²) in [6, 6.07) is 25.4. The van der Waals surface area contributed by atoms with Crippen molar-refractivity contribution in [2.75, 3.05) is 32.7 Å². The first kappa shape index (κ1) is 32.8. The summed E-state index contributed by atoms with van der Waals surface area (Å²) >= 11 is 0. The van der Waals surface area contributed by atoms with Crippen molar-refractivity contribution in [2.45, 2.75) is 44.3 Å². The first-order valence-electron chi connectivity index (χ1n) is 15.9. The summed E-state index contributed by atoms with van der Waals surface area (Å²) in [5.41, 5.74) is 1.98. The molecule has 3 N–H and O–H groups in total. The second-order valence-electron chi connectivity index (χ2n) is 12.2. The van der Waals surface area contributed by atoms with Crippen LogP contribution < -0.4 is 20.3 Å². The first-order valence-corrected chi connectivity index (χ1v) is 15.9. The highest BCUT2D eigenvalue weighted by molar-refractivity contribution is 5.83. The van der Waals surface area contributed by atoms with Crippen molar-refractivity contribution < 1.29 is 24.1 Å². The maximum atomic E-state index is 13.1. The fourth-order valence-electron chi connectivity index (χ4n) is 6.19. The monoisotopic (exact) mass is 648 g/mol. The van der Waals surface area contributed by atoms with Gasteiger partial charge >= 0.3 is 0 Å². The molecule has 3 atom stereocenters. The average Bonchev–Trinajstić information content (AvgIpc) is 3.68. The second kappa shape index (κ2) is 14.0. The Morgan fingerprint density at radius 3 is 2.19 bits per heavy atom. The van der Waals surface area contributed by atoms with Gasteiger partial charge < -0.3 is 33.9 Å². The molecule has 5 aromatic rings. The smallest absolute Gasteiger partial charge is 0.263 e. The number of nitrogens with zero attached hydrogens (tertiary/aromatic N) is 2. The number of benzene rings is 3.